The molecule has 1 aromatic rings. The number of alkyl halides is 3. The van der Waals surface area contributed by atoms with E-state index in [2.05, 4.69) is 17.4 Å². The van der Waals surface area contributed by atoms with Crippen molar-refractivity contribution in [3.8, 4) is 0 Å². The molecule has 1 aliphatic rings. The van der Waals surface area contributed by atoms with Crippen molar-refractivity contribution < 1.29 is 45.8 Å². The number of hydrogen-bond acceptors (Lipinski definition) is 6. The van der Waals surface area contributed by atoms with Crippen molar-refractivity contribution in [2.24, 2.45) is 0 Å². The number of benzene rings is 1. The van der Waals surface area contributed by atoms with Gasteiger partial charge in [-0.05, 0) is 45.1 Å². The van der Waals surface area contributed by atoms with Crippen molar-refractivity contribution in [3.05, 3.63) is 30.1 Å². The van der Waals surface area contributed by atoms with Crippen LogP contribution in [-0.4, -0.2) is 72.6 Å². The summed E-state index contributed by atoms with van der Waals surface area (Å²) in [5.41, 5.74) is 0. The first-order chi connectivity index (χ1) is 13.6. The van der Waals surface area contributed by atoms with Crippen molar-refractivity contribution in [2.75, 3.05) is 20.1 Å². The number of halogens is 4. The number of carboxylic acid groups (broad SMARTS) is 2. The fourth-order valence-corrected chi connectivity index (χ4v) is 4.37. The number of sulfonamides is 1. The summed E-state index contributed by atoms with van der Waals surface area (Å²) >= 11 is 4.45. The molecule has 1 aromatic carbocycles. The number of carbonyl (C=O) groups is 2. The predicted molar refractivity (Wildman–Crippen MR) is 100 cm³/mol. The number of likely N-dealkylation sites (tertiary alicyclic amines) is 1. The van der Waals surface area contributed by atoms with E-state index in [-0.39, 0.29) is 0 Å². The summed E-state index contributed by atoms with van der Waals surface area (Å²) in [7, 11) is -2.41. The smallest absolute Gasteiger partial charge is 0.480 e. The van der Waals surface area contributed by atoms with Crippen LogP contribution in [0.15, 0.2) is 29.2 Å². The summed E-state index contributed by atoms with van der Waals surface area (Å²) in [4.78, 5) is 21.9. The maximum Gasteiger partial charge on any atom is 0.490 e. The van der Waals surface area contributed by atoms with Gasteiger partial charge < -0.3 is 15.1 Å². The minimum Gasteiger partial charge on any atom is -0.480 e. The van der Waals surface area contributed by atoms with Crippen molar-refractivity contribution in [2.45, 2.75) is 34.7 Å². The van der Waals surface area contributed by atoms with Crippen LogP contribution in [0.25, 0.3) is 0 Å². The molecule has 0 bridgehead atoms. The first kappa shape index (κ1) is 26.1. The number of nitrogens with one attached hydrogen (secondary N) is 1. The highest BCUT2D eigenvalue weighted by Gasteiger charge is 2.44. The van der Waals surface area contributed by atoms with Crippen LogP contribution in [-0.2, 0) is 19.6 Å². The van der Waals surface area contributed by atoms with Crippen LogP contribution in [0.5, 0.6) is 0 Å². The van der Waals surface area contributed by atoms with Crippen LogP contribution in [0.4, 0.5) is 17.6 Å². The Morgan fingerprint density at radius 1 is 1.20 bits per heavy atom. The van der Waals surface area contributed by atoms with E-state index >= 15 is 0 Å². The number of hydrogen-bond donors (Lipinski definition) is 4. The summed E-state index contributed by atoms with van der Waals surface area (Å²) in [6.45, 7) is 1.21. The maximum atomic E-state index is 13.7. The van der Waals surface area contributed by atoms with Gasteiger partial charge >= 0.3 is 18.1 Å². The van der Waals surface area contributed by atoms with Crippen LogP contribution in [0.1, 0.15) is 12.8 Å². The van der Waals surface area contributed by atoms with Crippen LogP contribution < -0.4 is 4.72 Å². The highest BCUT2D eigenvalue weighted by Crippen LogP contribution is 2.33. The van der Waals surface area contributed by atoms with E-state index in [1.807, 2.05) is 11.9 Å². The van der Waals surface area contributed by atoms with Crippen molar-refractivity contribution >= 4 is 34.6 Å². The molecule has 3 N–H and O–H groups in total. The fourth-order valence-electron chi connectivity index (χ4n) is 2.57. The van der Waals surface area contributed by atoms with Crippen LogP contribution in [0.2, 0.25) is 0 Å². The molecule has 170 valence electrons. The molecule has 0 amide bonds. The molecule has 1 aliphatic heterocycles. The van der Waals surface area contributed by atoms with Gasteiger partial charge in [-0.3, -0.25) is 4.79 Å². The van der Waals surface area contributed by atoms with Gasteiger partial charge in [0.25, 0.3) is 0 Å². The zero-order chi connectivity index (χ0) is 23.3. The Hall–Kier alpha value is -1.90. The van der Waals surface area contributed by atoms with E-state index in [0.29, 0.717) is 25.9 Å². The van der Waals surface area contributed by atoms with Crippen LogP contribution in [0, 0.1) is 5.82 Å². The average molecular weight is 476 g/mol. The van der Waals surface area contributed by atoms with Crippen molar-refractivity contribution in [1.82, 2.24) is 9.62 Å². The first-order valence-corrected chi connectivity index (χ1v) is 10.2. The predicted octanol–water partition coefficient (Wildman–Crippen LogP) is 1.58. The largest absolute Gasteiger partial charge is 0.490 e. The Bertz CT molecular complexity index is 871. The van der Waals surface area contributed by atoms with Gasteiger partial charge in [-0.15, -0.1) is 0 Å². The second kappa shape index (κ2) is 9.94. The Balaban J connectivity index is 0.000000553. The van der Waals surface area contributed by atoms with Gasteiger partial charge in [-0.1, -0.05) is 12.1 Å². The maximum absolute atomic E-state index is 13.7. The second-order valence-electron chi connectivity index (χ2n) is 6.53. The van der Waals surface area contributed by atoms with Crippen LogP contribution in [0.3, 0.4) is 0 Å². The molecule has 0 spiro atoms. The molecule has 1 fully saturated rings. The third-order valence-electron chi connectivity index (χ3n) is 4.28. The second-order valence-corrected chi connectivity index (χ2v) is 9.11. The number of thiol groups is 1. The Labute approximate surface area is 175 Å². The first-order valence-electron chi connectivity index (χ1n) is 8.31. The topological polar surface area (TPSA) is 124 Å². The van der Waals surface area contributed by atoms with E-state index in [4.69, 9.17) is 9.90 Å². The molecular weight excluding hydrogens is 456 g/mol. The molecule has 0 radical (unpaired) electrons. The molecule has 1 saturated heterocycles. The quantitative estimate of drug-likeness (QED) is 0.376. The molecule has 30 heavy (non-hydrogen) atoms. The van der Waals surface area contributed by atoms with Gasteiger partial charge in [0.1, 0.15) is 16.8 Å². The van der Waals surface area contributed by atoms with E-state index in [1.54, 1.807) is 0 Å². The minimum absolute atomic E-state index is 0.406. The van der Waals surface area contributed by atoms with Gasteiger partial charge in [-0.2, -0.15) is 30.5 Å². The lowest BCUT2D eigenvalue weighted by Crippen LogP contribution is -2.57. The Morgan fingerprint density at radius 2 is 1.67 bits per heavy atom. The van der Waals surface area contributed by atoms with E-state index < -0.39 is 49.6 Å². The number of rotatable bonds is 5. The highest BCUT2D eigenvalue weighted by molar-refractivity contribution is 7.89. The summed E-state index contributed by atoms with van der Waals surface area (Å²) in [6, 6.07) is 3.40. The molecular formula is C16H20F4N2O6S2. The number of carboxylic acids is 2. The molecule has 0 aliphatic carbocycles. The van der Waals surface area contributed by atoms with Gasteiger partial charge in [0, 0.05) is 4.75 Å². The van der Waals surface area contributed by atoms with Crippen LogP contribution >= 0.6 is 12.6 Å². The Kier molecular flexibility index (Phi) is 8.66. The average Bonchev–Trinajstić information content (AvgIpc) is 2.62. The lowest BCUT2D eigenvalue weighted by atomic mass is 9.89. The molecule has 0 saturated carbocycles. The summed E-state index contributed by atoms with van der Waals surface area (Å²) in [6.07, 6.45) is -4.27. The summed E-state index contributed by atoms with van der Waals surface area (Å²) in [5, 5.41) is 16.6. The van der Waals surface area contributed by atoms with Crippen molar-refractivity contribution in [1.29, 1.82) is 0 Å². The normalized spacial score (nSPS) is 18.1. The molecule has 8 nitrogen and oxygen atoms in total. The standard InChI is InChI=1S/C14H19FN2O4S2.C2HF3O2/c1-17-8-6-14(22,7-9-17)12(13(18)19)16-23(20,21)11-5-3-2-4-10(11)15;3-2(4,5)1(6)7/h2-5,12,16,22H,6-9H2,1H3,(H,18,19);(H,6,7)/t12-;/m1./s1. The van der Waals surface area contributed by atoms with E-state index in [0.717, 1.165) is 12.1 Å². The van der Waals surface area contributed by atoms with Gasteiger partial charge in [-0.25, -0.2) is 17.6 Å². The monoisotopic (exact) mass is 476 g/mol. The highest BCUT2D eigenvalue weighted by atomic mass is 32.2. The molecule has 2 rings (SSSR count). The number of piperidine rings is 1. The molecule has 1 heterocycles. The van der Waals surface area contributed by atoms with Gasteiger partial charge in [0.2, 0.25) is 10.0 Å². The summed E-state index contributed by atoms with van der Waals surface area (Å²) in [5.74, 6) is -5.02. The SMILES string of the molecule is CN1CCC(S)([C@H](NS(=O)(=O)c2ccccc2F)C(=O)O)CC1.O=C(O)C(F)(F)F. The van der Waals surface area contributed by atoms with E-state index in [9.17, 15) is 35.9 Å². The van der Waals surface area contributed by atoms with Gasteiger partial charge in [0.05, 0.1) is 0 Å². The molecule has 14 heteroatoms. The molecule has 0 aromatic heterocycles. The molecule has 0 unspecified atom stereocenters. The third kappa shape index (κ3) is 7.11. The number of aliphatic carboxylic acids is 2. The zero-order valence-electron chi connectivity index (χ0n) is 15.6. The zero-order valence-corrected chi connectivity index (χ0v) is 17.3. The lowest BCUT2D eigenvalue weighted by Gasteiger charge is -2.40. The van der Waals surface area contributed by atoms with Crippen molar-refractivity contribution in [3.63, 3.8) is 0 Å². The minimum atomic E-state index is -5.08. The molecule has 1 atom stereocenters. The lowest BCUT2D eigenvalue weighted by molar-refractivity contribution is -0.192. The fraction of sp³-hybridized carbons (Fsp3) is 0.500. The van der Waals surface area contributed by atoms with Gasteiger partial charge in [0.15, 0.2) is 0 Å². The Morgan fingerprint density at radius 3 is 2.07 bits per heavy atom. The third-order valence-corrected chi connectivity index (χ3v) is 6.44. The number of nitrogens with zero attached hydrogens (tertiary/aromatic N) is 1. The summed E-state index contributed by atoms with van der Waals surface area (Å²) < 4.78 is 71.3. The van der Waals surface area contributed by atoms with E-state index in [1.165, 1.54) is 12.1 Å².